The lowest BCUT2D eigenvalue weighted by molar-refractivity contribution is -0.153. The van der Waals surface area contributed by atoms with Crippen LogP contribution in [-0.2, 0) is 9.47 Å². The van der Waals surface area contributed by atoms with E-state index in [0.29, 0.717) is 5.92 Å². The average Bonchev–Trinajstić information content (AvgIpc) is 2.61. The highest BCUT2D eigenvalue weighted by molar-refractivity contribution is 4.95. The molecule has 3 atom stereocenters. The Balaban J connectivity index is 2.47. The van der Waals surface area contributed by atoms with Crippen molar-refractivity contribution in [3.8, 4) is 0 Å². The van der Waals surface area contributed by atoms with E-state index in [1.54, 1.807) is 0 Å². The molecule has 94 valence electrons. The van der Waals surface area contributed by atoms with Crippen LogP contribution in [0.2, 0.25) is 0 Å². The van der Waals surface area contributed by atoms with Crippen molar-refractivity contribution in [2.45, 2.75) is 59.4 Å². The minimum Gasteiger partial charge on any atom is -0.353 e. The highest BCUT2D eigenvalue weighted by Crippen LogP contribution is 2.38. The molecular formula is C14H26O2. The molecule has 0 aromatic heterocycles. The van der Waals surface area contributed by atoms with E-state index in [-0.39, 0.29) is 17.8 Å². The minimum atomic E-state index is -0.0289. The maximum atomic E-state index is 5.98. The third kappa shape index (κ3) is 3.60. The highest BCUT2D eigenvalue weighted by atomic mass is 16.7. The Morgan fingerprint density at radius 2 is 2.12 bits per heavy atom. The van der Waals surface area contributed by atoms with Gasteiger partial charge in [-0.15, -0.1) is 6.58 Å². The van der Waals surface area contributed by atoms with E-state index >= 15 is 0 Å². The van der Waals surface area contributed by atoms with Crippen molar-refractivity contribution < 1.29 is 9.47 Å². The van der Waals surface area contributed by atoms with Gasteiger partial charge in [-0.25, -0.2) is 0 Å². The summed E-state index contributed by atoms with van der Waals surface area (Å²) in [4.78, 5) is 0. The first kappa shape index (κ1) is 13.7. The molecule has 1 heterocycles. The third-order valence-electron chi connectivity index (χ3n) is 3.11. The molecule has 0 aromatic carbocycles. The van der Waals surface area contributed by atoms with Crippen LogP contribution in [0.5, 0.6) is 0 Å². The molecule has 2 heteroatoms. The minimum absolute atomic E-state index is 0.0289. The molecule has 0 bridgehead atoms. The average molecular weight is 226 g/mol. The smallest absolute Gasteiger partial charge is 0.158 e. The van der Waals surface area contributed by atoms with Crippen LogP contribution in [0.4, 0.5) is 0 Å². The van der Waals surface area contributed by atoms with Crippen molar-refractivity contribution in [3.05, 3.63) is 12.7 Å². The topological polar surface area (TPSA) is 18.5 Å². The molecule has 0 aromatic rings. The molecular weight excluding hydrogens is 200 g/mol. The predicted molar refractivity (Wildman–Crippen MR) is 67.3 cm³/mol. The van der Waals surface area contributed by atoms with Crippen LogP contribution in [0, 0.1) is 11.3 Å². The lowest BCUT2D eigenvalue weighted by Gasteiger charge is -2.29. The molecule has 1 rings (SSSR count). The lowest BCUT2D eigenvalue weighted by atomic mass is 9.81. The molecule has 0 radical (unpaired) electrons. The largest absolute Gasteiger partial charge is 0.353 e. The SMILES string of the molecule is C=C[C@H]1CC(OCCCC)O[C@@H]1C(C)(C)C. The van der Waals surface area contributed by atoms with E-state index < -0.39 is 0 Å². The van der Waals surface area contributed by atoms with Gasteiger partial charge in [0.1, 0.15) is 0 Å². The zero-order valence-electron chi connectivity index (χ0n) is 11.2. The number of unbranched alkanes of at least 4 members (excludes halogenated alkanes) is 1. The summed E-state index contributed by atoms with van der Waals surface area (Å²) in [5.41, 5.74) is 0.154. The molecule has 0 N–H and O–H groups in total. The van der Waals surface area contributed by atoms with E-state index in [9.17, 15) is 0 Å². The van der Waals surface area contributed by atoms with Gasteiger partial charge < -0.3 is 9.47 Å². The Kier molecular flexibility index (Phi) is 5.00. The number of ether oxygens (including phenoxy) is 2. The summed E-state index contributed by atoms with van der Waals surface area (Å²) in [5.74, 6) is 0.423. The van der Waals surface area contributed by atoms with Crippen LogP contribution in [-0.4, -0.2) is 19.0 Å². The molecule has 2 nitrogen and oxygen atoms in total. The molecule has 0 saturated carbocycles. The maximum Gasteiger partial charge on any atom is 0.158 e. The van der Waals surface area contributed by atoms with Gasteiger partial charge in [-0.3, -0.25) is 0 Å². The van der Waals surface area contributed by atoms with Crippen molar-refractivity contribution in [1.82, 2.24) is 0 Å². The van der Waals surface area contributed by atoms with Gasteiger partial charge in [0.15, 0.2) is 6.29 Å². The standard InChI is InChI=1S/C14H26O2/c1-6-8-9-15-12-10-11(7-2)13(16-12)14(3,4)5/h7,11-13H,2,6,8-10H2,1,3-5H3/t11-,12?,13-/m0/s1. The molecule has 1 unspecified atom stereocenters. The second-order valence-corrected chi connectivity index (χ2v) is 5.71. The second kappa shape index (κ2) is 5.83. The number of rotatable bonds is 5. The van der Waals surface area contributed by atoms with Gasteiger partial charge in [0.05, 0.1) is 6.10 Å². The van der Waals surface area contributed by atoms with Crippen LogP contribution in [0.3, 0.4) is 0 Å². The molecule has 1 aliphatic heterocycles. The molecule has 0 amide bonds. The normalized spacial score (nSPS) is 30.6. The first-order chi connectivity index (χ1) is 7.49. The molecule has 0 aliphatic carbocycles. The number of hydrogen-bond acceptors (Lipinski definition) is 2. The summed E-state index contributed by atoms with van der Waals surface area (Å²) in [6.45, 7) is 13.5. The summed E-state index contributed by atoms with van der Waals surface area (Å²) in [5, 5.41) is 0. The summed E-state index contributed by atoms with van der Waals surface area (Å²) < 4.78 is 11.7. The van der Waals surface area contributed by atoms with E-state index in [2.05, 4.69) is 34.3 Å². The van der Waals surface area contributed by atoms with Gasteiger partial charge in [-0.2, -0.15) is 0 Å². The quantitative estimate of drug-likeness (QED) is 0.525. The fraction of sp³-hybridized carbons (Fsp3) is 0.857. The summed E-state index contributed by atoms with van der Waals surface area (Å²) in [6.07, 6.45) is 5.45. The number of hydrogen-bond donors (Lipinski definition) is 0. The Bertz CT molecular complexity index is 217. The van der Waals surface area contributed by atoms with Crippen LogP contribution >= 0.6 is 0 Å². The molecule has 1 aliphatic rings. The van der Waals surface area contributed by atoms with Gasteiger partial charge in [0, 0.05) is 18.9 Å². The fourth-order valence-corrected chi connectivity index (χ4v) is 2.20. The monoisotopic (exact) mass is 226 g/mol. The zero-order chi connectivity index (χ0) is 12.2. The van der Waals surface area contributed by atoms with Crippen molar-refractivity contribution in [1.29, 1.82) is 0 Å². The van der Waals surface area contributed by atoms with E-state index in [4.69, 9.17) is 9.47 Å². The second-order valence-electron chi connectivity index (χ2n) is 5.71. The summed E-state index contributed by atoms with van der Waals surface area (Å²) >= 11 is 0. The van der Waals surface area contributed by atoms with Crippen LogP contribution in [0.1, 0.15) is 47.0 Å². The van der Waals surface area contributed by atoms with E-state index in [1.807, 2.05) is 6.08 Å². The molecule has 1 saturated heterocycles. The van der Waals surface area contributed by atoms with Crippen LogP contribution in [0.15, 0.2) is 12.7 Å². The molecule has 1 fully saturated rings. The van der Waals surface area contributed by atoms with Crippen LogP contribution < -0.4 is 0 Å². The van der Waals surface area contributed by atoms with Crippen LogP contribution in [0.25, 0.3) is 0 Å². The third-order valence-corrected chi connectivity index (χ3v) is 3.11. The summed E-state index contributed by atoms with van der Waals surface area (Å²) in [7, 11) is 0. The Morgan fingerprint density at radius 1 is 1.44 bits per heavy atom. The van der Waals surface area contributed by atoms with Crippen molar-refractivity contribution in [2.24, 2.45) is 11.3 Å². The zero-order valence-corrected chi connectivity index (χ0v) is 11.2. The van der Waals surface area contributed by atoms with Gasteiger partial charge in [-0.1, -0.05) is 40.2 Å². The first-order valence-corrected chi connectivity index (χ1v) is 6.38. The fourth-order valence-electron chi connectivity index (χ4n) is 2.20. The van der Waals surface area contributed by atoms with E-state index in [0.717, 1.165) is 19.4 Å². The van der Waals surface area contributed by atoms with Crippen molar-refractivity contribution in [3.63, 3.8) is 0 Å². The Hall–Kier alpha value is -0.340. The first-order valence-electron chi connectivity index (χ1n) is 6.38. The Morgan fingerprint density at radius 3 is 2.56 bits per heavy atom. The van der Waals surface area contributed by atoms with E-state index in [1.165, 1.54) is 6.42 Å². The van der Waals surface area contributed by atoms with Gasteiger partial charge in [0.25, 0.3) is 0 Å². The van der Waals surface area contributed by atoms with Crippen molar-refractivity contribution >= 4 is 0 Å². The molecule has 0 spiro atoms. The maximum absolute atomic E-state index is 5.98. The van der Waals surface area contributed by atoms with Gasteiger partial charge in [0.2, 0.25) is 0 Å². The summed E-state index contributed by atoms with van der Waals surface area (Å²) in [6, 6.07) is 0. The lowest BCUT2D eigenvalue weighted by Crippen LogP contribution is -2.31. The highest BCUT2D eigenvalue weighted by Gasteiger charge is 2.40. The van der Waals surface area contributed by atoms with Gasteiger partial charge in [-0.05, 0) is 11.8 Å². The van der Waals surface area contributed by atoms with Gasteiger partial charge >= 0.3 is 0 Å². The predicted octanol–water partition coefficient (Wildman–Crippen LogP) is 3.77. The van der Waals surface area contributed by atoms with Crippen molar-refractivity contribution in [2.75, 3.05) is 6.61 Å². The molecule has 16 heavy (non-hydrogen) atoms. The Labute approximate surface area is 100 Å².